The van der Waals surface area contributed by atoms with Crippen LogP contribution in [0.4, 0.5) is 0 Å². The Kier molecular flexibility index (Phi) is 3.11. The SMILES string of the molecule is CC1CCCCC1(O)c1cnnn1-c1ccccc1. The van der Waals surface area contributed by atoms with Crippen LogP contribution in [-0.2, 0) is 5.60 Å². The summed E-state index contributed by atoms with van der Waals surface area (Å²) < 4.78 is 1.77. The van der Waals surface area contributed by atoms with Crippen LogP contribution >= 0.6 is 0 Å². The van der Waals surface area contributed by atoms with E-state index in [0.29, 0.717) is 0 Å². The predicted octanol–water partition coefficient (Wildman–Crippen LogP) is 2.67. The Morgan fingerprint density at radius 3 is 2.79 bits per heavy atom. The molecule has 1 N–H and O–H groups in total. The zero-order valence-corrected chi connectivity index (χ0v) is 11.2. The third kappa shape index (κ3) is 2.06. The summed E-state index contributed by atoms with van der Waals surface area (Å²) in [6, 6.07) is 9.87. The van der Waals surface area contributed by atoms with Gasteiger partial charge in [0.05, 0.1) is 17.6 Å². The second-order valence-corrected chi connectivity index (χ2v) is 5.44. The molecule has 1 heterocycles. The summed E-state index contributed by atoms with van der Waals surface area (Å²) in [5, 5.41) is 19.2. The summed E-state index contributed by atoms with van der Waals surface area (Å²) in [7, 11) is 0. The minimum Gasteiger partial charge on any atom is -0.383 e. The maximum Gasteiger partial charge on any atom is 0.111 e. The summed E-state index contributed by atoms with van der Waals surface area (Å²) in [5.41, 5.74) is 0.949. The summed E-state index contributed by atoms with van der Waals surface area (Å²) in [4.78, 5) is 0. The Morgan fingerprint density at radius 1 is 1.26 bits per heavy atom. The number of para-hydroxylation sites is 1. The number of aliphatic hydroxyl groups is 1. The molecule has 3 rings (SSSR count). The van der Waals surface area contributed by atoms with Crippen LogP contribution in [0.1, 0.15) is 38.3 Å². The molecule has 0 saturated heterocycles. The van der Waals surface area contributed by atoms with E-state index in [1.54, 1.807) is 10.9 Å². The quantitative estimate of drug-likeness (QED) is 0.899. The van der Waals surface area contributed by atoms with Crippen molar-refractivity contribution in [1.29, 1.82) is 0 Å². The van der Waals surface area contributed by atoms with E-state index in [1.807, 2.05) is 30.3 Å². The van der Waals surface area contributed by atoms with Crippen molar-refractivity contribution in [3.63, 3.8) is 0 Å². The fourth-order valence-electron chi connectivity index (χ4n) is 3.00. The average molecular weight is 257 g/mol. The second kappa shape index (κ2) is 4.78. The monoisotopic (exact) mass is 257 g/mol. The first-order chi connectivity index (χ1) is 9.22. The third-order valence-corrected chi connectivity index (χ3v) is 4.25. The van der Waals surface area contributed by atoms with Crippen LogP contribution in [0.15, 0.2) is 36.5 Å². The number of benzene rings is 1. The van der Waals surface area contributed by atoms with Gasteiger partial charge in [0, 0.05) is 0 Å². The van der Waals surface area contributed by atoms with Gasteiger partial charge in [-0.1, -0.05) is 43.2 Å². The molecule has 1 aliphatic rings. The van der Waals surface area contributed by atoms with Gasteiger partial charge in [0.1, 0.15) is 5.60 Å². The number of rotatable bonds is 2. The molecule has 1 aliphatic carbocycles. The van der Waals surface area contributed by atoms with Gasteiger partial charge in [-0.25, -0.2) is 4.68 Å². The Hall–Kier alpha value is -1.68. The Morgan fingerprint density at radius 2 is 2.05 bits per heavy atom. The lowest BCUT2D eigenvalue weighted by molar-refractivity contribution is -0.0524. The Bertz CT molecular complexity index is 552. The zero-order chi connectivity index (χ0) is 13.3. The number of aromatic nitrogens is 3. The minimum absolute atomic E-state index is 0.238. The summed E-state index contributed by atoms with van der Waals surface area (Å²) >= 11 is 0. The lowest BCUT2D eigenvalue weighted by Crippen LogP contribution is -2.38. The van der Waals surface area contributed by atoms with Crippen LogP contribution in [0.3, 0.4) is 0 Å². The van der Waals surface area contributed by atoms with Crippen LogP contribution < -0.4 is 0 Å². The number of hydrogen-bond acceptors (Lipinski definition) is 3. The van der Waals surface area contributed by atoms with Crippen molar-refractivity contribution in [3.8, 4) is 5.69 Å². The van der Waals surface area contributed by atoms with Gasteiger partial charge in [0.15, 0.2) is 0 Å². The molecule has 4 nitrogen and oxygen atoms in total. The van der Waals surface area contributed by atoms with E-state index in [4.69, 9.17) is 0 Å². The van der Waals surface area contributed by atoms with Gasteiger partial charge in [-0.3, -0.25) is 0 Å². The standard InChI is InChI=1S/C15H19N3O/c1-12-7-5-6-10-15(12,19)14-11-16-17-18(14)13-8-3-2-4-9-13/h2-4,8-9,11-12,19H,5-7,10H2,1H3. The maximum absolute atomic E-state index is 11.0. The van der Waals surface area contributed by atoms with Crippen LogP contribution in [0.25, 0.3) is 5.69 Å². The van der Waals surface area contributed by atoms with Gasteiger partial charge < -0.3 is 5.11 Å². The highest BCUT2D eigenvalue weighted by molar-refractivity contribution is 5.33. The van der Waals surface area contributed by atoms with Crippen LogP contribution in [-0.4, -0.2) is 20.1 Å². The molecule has 0 bridgehead atoms. The first kappa shape index (κ1) is 12.4. The molecule has 0 amide bonds. The molecule has 4 heteroatoms. The van der Waals surface area contributed by atoms with Gasteiger partial charge in [-0.2, -0.15) is 0 Å². The molecular weight excluding hydrogens is 238 g/mol. The van der Waals surface area contributed by atoms with Gasteiger partial charge in [0.25, 0.3) is 0 Å². The minimum atomic E-state index is -0.808. The van der Waals surface area contributed by atoms with E-state index < -0.39 is 5.60 Å². The highest BCUT2D eigenvalue weighted by atomic mass is 16.3. The van der Waals surface area contributed by atoms with E-state index in [2.05, 4.69) is 17.2 Å². The summed E-state index contributed by atoms with van der Waals surface area (Å²) in [6.45, 7) is 2.11. The van der Waals surface area contributed by atoms with Crippen LogP contribution in [0.2, 0.25) is 0 Å². The summed E-state index contributed by atoms with van der Waals surface area (Å²) in [5.74, 6) is 0.238. The van der Waals surface area contributed by atoms with Crippen molar-refractivity contribution < 1.29 is 5.11 Å². The van der Waals surface area contributed by atoms with Crippen molar-refractivity contribution in [2.45, 2.75) is 38.2 Å². The summed E-state index contributed by atoms with van der Waals surface area (Å²) in [6.07, 6.45) is 5.79. The van der Waals surface area contributed by atoms with Crippen molar-refractivity contribution in [2.24, 2.45) is 5.92 Å². The van der Waals surface area contributed by atoms with Crippen molar-refractivity contribution in [3.05, 3.63) is 42.2 Å². The number of hydrogen-bond donors (Lipinski definition) is 1. The highest BCUT2D eigenvalue weighted by Crippen LogP contribution is 2.41. The lowest BCUT2D eigenvalue weighted by Gasteiger charge is -2.37. The van der Waals surface area contributed by atoms with Crippen molar-refractivity contribution in [2.75, 3.05) is 0 Å². The maximum atomic E-state index is 11.0. The molecule has 0 spiro atoms. The molecule has 0 radical (unpaired) electrons. The van der Waals surface area contributed by atoms with E-state index in [9.17, 15) is 5.11 Å². The molecule has 100 valence electrons. The normalized spacial score (nSPS) is 27.4. The average Bonchev–Trinajstić information content (AvgIpc) is 2.93. The number of nitrogens with zero attached hydrogens (tertiary/aromatic N) is 3. The smallest absolute Gasteiger partial charge is 0.111 e. The molecule has 1 aromatic heterocycles. The van der Waals surface area contributed by atoms with E-state index in [-0.39, 0.29) is 5.92 Å². The molecule has 2 atom stereocenters. The molecule has 1 fully saturated rings. The van der Waals surface area contributed by atoms with E-state index in [0.717, 1.165) is 30.6 Å². The molecule has 1 saturated carbocycles. The highest BCUT2D eigenvalue weighted by Gasteiger charge is 2.40. The van der Waals surface area contributed by atoms with E-state index >= 15 is 0 Å². The van der Waals surface area contributed by atoms with Crippen molar-refractivity contribution in [1.82, 2.24) is 15.0 Å². The topological polar surface area (TPSA) is 50.9 Å². The van der Waals surface area contributed by atoms with Gasteiger partial charge in [-0.05, 0) is 30.9 Å². The fourth-order valence-corrected chi connectivity index (χ4v) is 3.00. The molecule has 0 aliphatic heterocycles. The lowest BCUT2D eigenvalue weighted by atomic mass is 9.74. The molecule has 1 aromatic carbocycles. The zero-order valence-electron chi connectivity index (χ0n) is 11.2. The third-order valence-electron chi connectivity index (χ3n) is 4.25. The first-order valence-electron chi connectivity index (χ1n) is 6.91. The fraction of sp³-hybridized carbons (Fsp3) is 0.467. The first-order valence-corrected chi connectivity index (χ1v) is 6.91. The van der Waals surface area contributed by atoms with Crippen LogP contribution in [0, 0.1) is 5.92 Å². The Balaban J connectivity index is 2.05. The van der Waals surface area contributed by atoms with Gasteiger partial charge >= 0.3 is 0 Å². The van der Waals surface area contributed by atoms with E-state index in [1.165, 1.54) is 6.42 Å². The second-order valence-electron chi connectivity index (χ2n) is 5.44. The molecular formula is C15H19N3O. The predicted molar refractivity (Wildman–Crippen MR) is 72.9 cm³/mol. The van der Waals surface area contributed by atoms with Crippen molar-refractivity contribution >= 4 is 0 Å². The molecule has 2 unspecified atom stereocenters. The largest absolute Gasteiger partial charge is 0.383 e. The van der Waals surface area contributed by atoms with Crippen LogP contribution in [0.5, 0.6) is 0 Å². The Labute approximate surface area is 113 Å². The molecule has 19 heavy (non-hydrogen) atoms. The van der Waals surface area contributed by atoms with Gasteiger partial charge in [0.2, 0.25) is 0 Å². The van der Waals surface area contributed by atoms with Gasteiger partial charge in [-0.15, -0.1) is 5.10 Å². The molecule has 2 aromatic rings.